The third kappa shape index (κ3) is 3.32. The van der Waals surface area contributed by atoms with Gasteiger partial charge in [0.05, 0.1) is 0 Å². The van der Waals surface area contributed by atoms with Crippen LogP contribution in [0.2, 0.25) is 0 Å². The number of hydrogen-bond acceptors (Lipinski definition) is 2. The third-order valence-corrected chi connectivity index (χ3v) is 5.43. The molecule has 1 saturated carbocycles. The van der Waals surface area contributed by atoms with E-state index >= 15 is 0 Å². The summed E-state index contributed by atoms with van der Waals surface area (Å²) in [6.07, 6.45) is 2.97. The molecule has 2 unspecified atom stereocenters. The largest absolute Gasteiger partial charge is 0.381 e. The van der Waals surface area contributed by atoms with Gasteiger partial charge in [-0.1, -0.05) is 35.0 Å². The zero-order valence-corrected chi connectivity index (χ0v) is 14.0. The molecule has 1 heterocycles. The summed E-state index contributed by atoms with van der Waals surface area (Å²) < 4.78 is 6.63. The molecule has 1 N–H and O–H groups in total. The molecule has 0 spiro atoms. The average Bonchev–Trinajstić information content (AvgIpc) is 3.23. The van der Waals surface area contributed by atoms with E-state index in [2.05, 4.69) is 46.4 Å². The molecule has 1 amide bonds. The van der Waals surface area contributed by atoms with Crippen LogP contribution in [0.3, 0.4) is 0 Å². The molecule has 1 aromatic rings. The number of halogens is 1. The molecule has 3 rings (SSSR count). The molecule has 114 valence electrons. The second-order valence-corrected chi connectivity index (χ2v) is 7.36. The number of carbonyl (C=O) groups is 1. The van der Waals surface area contributed by atoms with E-state index in [4.69, 9.17) is 4.74 Å². The van der Waals surface area contributed by atoms with Gasteiger partial charge in [0, 0.05) is 35.6 Å². The number of carbonyl (C=O) groups excluding carboxylic acids is 1. The fourth-order valence-electron chi connectivity index (χ4n) is 3.22. The van der Waals surface area contributed by atoms with Crippen LogP contribution in [0, 0.1) is 11.8 Å². The first-order chi connectivity index (χ1) is 10.1. The van der Waals surface area contributed by atoms with Crippen LogP contribution < -0.4 is 5.32 Å². The van der Waals surface area contributed by atoms with Gasteiger partial charge in [0.15, 0.2) is 0 Å². The number of ether oxygens (including phenoxy) is 1. The van der Waals surface area contributed by atoms with E-state index in [1.165, 1.54) is 5.56 Å². The van der Waals surface area contributed by atoms with E-state index in [9.17, 15) is 4.79 Å². The van der Waals surface area contributed by atoms with Crippen molar-refractivity contribution in [3.63, 3.8) is 0 Å². The van der Waals surface area contributed by atoms with E-state index in [0.29, 0.717) is 5.92 Å². The Morgan fingerprint density at radius 1 is 1.43 bits per heavy atom. The van der Waals surface area contributed by atoms with Gasteiger partial charge in [0.2, 0.25) is 5.91 Å². The SMILES string of the molecule is CC1CC1C(=O)NCC1(c2cccc(Br)c2)CCOCC1. The predicted molar refractivity (Wildman–Crippen MR) is 86.2 cm³/mol. The fourth-order valence-corrected chi connectivity index (χ4v) is 3.62. The molecule has 1 aliphatic carbocycles. The highest BCUT2D eigenvalue weighted by atomic mass is 79.9. The van der Waals surface area contributed by atoms with Gasteiger partial charge in [0.1, 0.15) is 0 Å². The lowest BCUT2D eigenvalue weighted by Gasteiger charge is -2.38. The normalized spacial score (nSPS) is 27.1. The van der Waals surface area contributed by atoms with Crippen molar-refractivity contribution in [2.45, 2.75) is 31.6 Å². The molecule has 0 bridgehead atoms. The summed E-state index contributed by atoms with van der Waals surface area (Å²) in [6.45, 7) is 4.39. The fraction of sp³-hybridized carbons (Fsp3) is 0.588. The quantitative estimate of drug-likeness (QED) is 0.903. The van der Waals surface area contributed by atoms with Crippen LogP contribution in [-0.2, 0) is 14.9 Å². The maximum atomic E-state index is 12.1. The molecule has 2 aliphatic rings. The molecular weight excluding hydrogens is 330 g/mol. The van der Waals surface area contributed by atoms with Crippen molar-refractivity contribution >= 4 is 21.8 Å². The van der Waals surface area contributed by atoms with E-state index in [1.54, 1.807) is 0 Å². The van der Waals surface area contributed by atoms with Crippen molar-refractivity contribution in [2.75, 3.05) is 19.8 Å². The van der Waals surface area contributed by atoms with Gasteiger partial charge in [-0.2, -0.15) is 0 Å². The Morgan fingerprint density at radius 2 is 2.14 bits per heavy atom. The summed E-state index contributed by atoms with van der Waals surface area (Å²) in [5.74, 6) is 1.02. The molecule has 4 heteroatoms. The molecule has 2 fully saturated rings. The Labute approximate surface area is 134 Å². The monoisotopic (exact) mass is 351 g/mol. The standard InChI is InChI=1S/C17H22BrNO2/c1-12-9-15(12)16(20)19-11-17(5-7-21-8-6-17)13-3-2-4-14(18)10-13/h2-4,10,12,15H,5-9,11H2,1H3,(H,19,20). The van der Waals surface area contributed by atoms with Gasteiger partial charge >= 0.3 is 0 Å². The zero-order chi connectivity index (χ0) is 14.9. The van der Waals surface area contributed by atoms with Crippen LogP contribution in [0.15, 0.2) is 28.7 Å². The number of rotatable bonds is 4. The Balaban J connectivity index is 1.75. The lowest BCUT2D eigenvalue weighted by atomic mass is 9.74. The maximum Gasteiger partial charge on any atom is 0.223 e. The van der Waals surface area contributed by atoms with Crippen molar-refractivity contribution in [3.05, 3.63) is 34.3 Å². The highest BCUT2D eigenvalue weighted by Crippen LogP contribution is 2.39. The minimum absolute atomic E-state index is 0.00974. The van der Waals surface area contributed by atoms with Crippen molar-refractivity contribution < 1.29 is 9.53 Å². The Morgan fingerprint density at radius 3 is 2.76 bits per heavy atom. The highest BCUT2D eigenvalue weighted by Gasteiger charge is 2.41. The van der Waals surface area contributed by atoms with Crippen molar-refractivity contribution in [1.29, 1.82) is 0 Å². The molecule has 1 aromatic carbocycles. The van der Waals surface area contributed by atoms with Crippen LogP contribution in [0.5, 0.6) is 0 Å². The predicted octanol–water partition coefficient (Wildman–Crippen LogP) is 3.27. The average molecular weight is 352 g/mol. The van der Waals surface area contributed by atoms with Crippen molar-refractivity contribution in [2.24, 2.45) is 11.8 Å². The minimum atomic E-state index is 0.00974. The topological polar surface area (TPSA) is 38.3 Å². The number of hydrogen-bond donors (Lipinski definition) is 1. The third-order valence-electron chi connectivity index (χ3n) is 4.93. The molecule has 3 nitrogen and oxygen atoms in total. The summed E-state index contributed by atoms with van der Waals surface area (Å²) in [5, 5.41) is 3.19. The summed E-state index contributed by atoms with van der Waals surface area (Å²) >= 11 is 3.56. The first-order valence-corrected chi connectivity index (χ1v) is 8.51. The van der Waals surface area contributed by atoms with Gasteiger partial charge in [0.25, 0.3) is 0 Å². The highest BCUT2D eigenvalue weighted by molar-refractivity contribution is 9.10. The Bertz CT molecular complexity index is 525. The first kappa shape index (κ1) is 15.0. The second kappa shape index (κ2) is 6.09. The van der Waals surface area contributed by atoms with Crippen LogP contribution in [0.4, 0.5) is 0 Å². The second-order valence-electron chi connectivity index (χ2n) is 6.44. The molecule has 21 heavy (non-hydrogen) atoms. The molecule has 0 radical (unpaired) electrons. The molecule has 2 atom stereocenters. The molecule has 1 saturated heterocycles. The van der Waals surface area contributed by atoms with E-state index < -0.39 is 0 Å². The van der Waals surface area contributed by atoms with Crippen molar-refractivity contribution in [1.82, 2.24) is 5.32 Å². The van der Waals surface area contributed by atoms with Gasteiger partial charge < -0.3 is 10.1 Å². The summed E-state index contributed by atoms with van der Waals surface area (Å²) in [7, 11) is 0. The van der Waals surface area contributed by atoms with Crippen LogP contribution in [0.1, 0.15) is 31.7 Å². The summed E-state index contributed by atoms with van der Waals surface area (Å²) in [4.78, 5) is 12.1. The minimum Gasteiger partial charge on any atom is -0.381 e. The van der Waals surface area contributed by atoms with Gasteiger partial charge in [-0.15, -0.1) is 0 Å². The van der Waals surface area contributed by atoms with Gasteiger partial charge in [-0.3, -0.25) is 4.79 Å². The smallest absolute Gasteiger partial charge is 0.223 e. The van der Waals surface area contributed by atoms with E-state index in [-0.39, 0.29) is 17.2 Å². The summed E-state index contributed by atoms with van der Waals surface area (Å²) in [6, 6.07) is 8.46. The van der Waals surface area contributed by atoms with Gasteiger partial charge in [-0.05, 0) is 42.9 Å². The van der Waals surface area contributed by atoms with Gasteiger partial charge in [-0.25, -0.2) is 0 Å². The van der Waals surface area contributed by atoms with Crippen LogP contribution in [-0.4, -0.2) is 25.7 Å². The number of benzene rings is 1. The number of nitrogens with one attached hydrogen (secondary N) is 1. The Kier molecular flexibility index (Phi) is 4.36. The maximum absolute atomic E-state index is 12.1. The zero-order valence-electron chi connectivity index (χ0n) is 12.4. The molecule has 1 aliphatic heterocycles. The lowest BCUT2D eigenvalue weighted by Crippen LogP contribution is -2.45. The summed E-state index contributed by atoms with van der Waals surface area (Å²) in [5.41, 5.74) is 1.31. The molecular formula is C17H22BrNO2. The number of amides is 1. The van der Waals surface area contributed by atoms with Crippen LogP contribution in [0.25, 0.3) is 0 Å². The first-order valence-electron chi connectivity index (χ1n) is 7.72. The van der Waals surface area contributed by atoms with E-state index in [0.717, 1.165) is 43.5 Å². The van der Waals surface area contributed by atoms with E-state index in [1.807, 2.05) is 6.07 Å². The lowest BCUT2D eigenvalue weighted by molar-refractivity contribution is -0.123. The van der Waals surface area contributed by atoms with Crippen LogP contribution >= 0.6 is 15.9 Å². The molecule has 0 aromatic heterocycles. The Hall–Kier alpha value is -0.870. The van der Waals surface area contributed by atoms with Crippen molar-refractivity contribution in [3.8, 4) is 0 Å².